The summed E-state index contributed by atoms with van der Waals surface area (Å²) in [5.74, 6) is -0.337. The van der Waals surface area contributed by atoms with Crippen LogP contribution in [-0.4, -0.2) is 18.1 Å². The van der Waals surface area contributed by atoms with Crippen molar-refractivity contribution in [3.05, 3.63) is 28.0 Å². The van der Waals surface area contributed by atoms with Crippen molar-refractivity contribution < 1.29 is 9.53 Å². The molecule has 0 saturated heterocycles. The number of pyridine rings is 1. The minimum absolute atomic E-state index is 0.337. The van der Waals surface area contributed by atoms with Crippen LogP contribution in [0.2, 0.25) is 0 Å². The minimum atomic E-state index is -0.337. The van der Waals surface area contributed by atoms with E-state index in [-0.39, 0.29) is 5.97 Å². The van der Waals surface area contributed by atoms with Crippen molar-refractivity contribution >= 4 is 21.9 Å². The zero-order valence-electron chi connectivity index (χ0n) is 6.80. The lowest BCUT2D eigenvalue weighted by Crippen LogP contribution is -2.04. The predicted molar refractivity (Wildman–Crippen MR) is 48.0 cm³/mol. The summed E-state index contributed by atoms with van der Waals surface area (Å²) >= 11 is 3.17. The lowest BCUT2D eigenvalue weighted by atomic mass is 10.2. The van der Waals surface area contributed by atoms with Crippen LogP contribution in [0.3, 0.4) is 0 Å². The van der Waals surface area contributed by atoms with Gasteiger partial charge in [0.15, 0.2) is 0 Å². The molecule has 0 N–H and O–H groups in total. The Hall–Kier alpha value is -0.900. The molecular weight excluding hydrogens is 222 g/mol. The van der Waals surface area contributed by atoms with Gasteiger partial charge in [-0.05, 0) is 34.5 Å². The molecule has 4 heteroatoms. The molecular formula is C8H8BrNO2. The van der Waals surface area contributed by atoms with Gasteiger partial charge in [-0.15, -0.1) is 0 Å². The monoisotopic (exact) mass is 229 g/mol. The number of nitrogens with zero attached hydrogens (tertiary/aromatic N) is 1. The molecule has 0 spiro atoms. The molecule has 0 saturated carbocycles. The molecule has 0 radical (unpaired) electrons. The Morgan fingerprint density at radius 2 is 2.33 bits per heavy atom. The number of halogens is 1. The molecule has 1 heterocycles. The number of aryl methyl sites for hydroxylation is 1. The van der Waals surface area contributed by atoms with Crippen molar-refractivity contribution in [3.8, 4) is 0 Å². The van der Waals surface area contributed by atoms with Gasteiger partial charge in [0.05, 0.1) is 12.7 Å². The topological polar surface area (TPSA) is 39.2 Å². The minimum Gasteiger partial charge on any atom is -0.465 e. The van der Waals surface area contributed by atoms with E-state index >= 15 is 0 Å². The summed E-state index contributed by atoms with van der Waals surface area (Å²) in [7, 11) is 1.36. The Morgan fingerprint density at radius 1 is 1.67 bits per heavy atom. The molecule has 0 bridgehead atoms. The Morgan fingerprint density at radius 3 is 2.92 bits per heavy atom. The number of hydrogen-bond acceptors (Lipinski definition) is 3. The summed E-state index contributed by atoms with van der Waals surface area (Å²) in [6, 6.07) is 1.64. The molecule has 0 aromatic carbocycles. The summed E-state index contributed by atoms with van der Waals surface area (Å²) in [5, 5.41) is 0. The Balaban J connectivity index is 3.13. The lowest BCUT2D eigenvalue weighted by Gasteiger charge is -2.02. The van der Waals surface area contributed by atoms with Crippen LogP contribution in [0.5, 0.6) is 0 Å². The van der Waals surface area contributed by atoms with Crippen LogP contribution in [0.15, 0.2) is 16.9 Å². The molecule has 3 nitrogen and oxygen atoms in total. The standard InChI is InChI=1S/C8H8BrNO2/c1-5-4-10-7(9)3-6(5)8(11)12-2/h3-4H,1-2H3. The zero-order valence-corrected chi connectivity index (χ0v) is 8.38. The Labute approximate surface area is 78.9 Å². The molecule has 1 aromatic heterocycles. The van der Waals surface area contributed by atoms with E-state index in [0.717, 1.165) is 5.56 Å². The first-order chi connectivity index (χ1) is 5.65. The summed E-state index contributed by atoms with van der Waals surface area (Å²) in [4.78, 5) is 15.1. The fourth-order valence-corrected chi connectivity index (χ4v) is 1.16. The highest BCUT2D eigenvalue weighted by molar-refractivity contribution is 9.10. The third-order valence-corrected chi connectivity index (χ3v) is 1.91. The third kappa shape index (κ3) is 1.82. The number of hydrogen-bond donors (Lipinski definition) is 0. The first-order valence-electron chi connectivity index (χ1n) is 3.35. The molecule has 1 aromatic rings. The molecule has 1 rings (SSSR count). The normalized spacial score (nSPS) is 9.58. The number of carbonyl (C=O) groups is 1. The maximum atomic E-state index is 11.1. The van der Waals surface area contributed by atoms with Gasteiger partial charge in [0.2, 0.25) is 0 Å². The van der Waals surface area contributed by atoms with Gasteiger partial charge in [0, 0.05) is 6.20 Å². The molecule has 0 amide bonds. The van der Waals surface area contributed by atoms with Crippen LogP contribution >= 0.6 is 15.9 Å². The van der Waals surface area contributed by atoms with Gasteiger partial charge in [0.25, 0.3) is 0 Å². The van der Waals surface area contributed by atoms with Crippen molar-refractivity contribution in [2.24, 2.45) is 0 Å². The van der Waals surface area contributed by atoms with Crippen molar-refractivity contribution in [1.29, 1.82) is 0 Å². The third-order valence-electron chi connectivity index (χ3n) is 1.48. The molecule has 0 unspecified atom stereocenters. The zero-order chi connectivity index (χ0) is 9.14. The van der Waals surface area contributed by atoms with Crippen LogP contribution in [0, 0.1) is 6.92 Å². The molecule has 0 aliphatic carbocycles. The fourth-order valence-electron chi connectivity index (χ4n) is 0.828. The van der Waals surface area contributed by atoms with E-state index in [0.29, 0.717) is 10.2 Å². The fraction of sp³-hybridized carbons (Fsp3) is 0.250. The number of methoxy groups -OCH3 is 1. The van der Waals surface area contributed by atoms with E-state index in [2.05, 4.69) is 25.7 Å². The van der Waals surface area contributed by atoms with Gasteiger partial charge < -0.3 is 4.74 Å². The molecule has 64 valence electrons. The summed E-state index contributed by atoms with van der Waals surface area (Å²) < 4.78 is 5.22. The molecule has 0 aliphatic heterocycles. The molecule has 0 atom stereocenters. The first kappa shape index (κ1) is 9.19. The van der Waals surface area contributed by atoms with Crippen molar-refractivity contribution in [2.75, 3.05) is 7.11 Å². The quantitative estimate of drug-likeness (QED) is 0.546. The SMILES string of the molecule is COC(=O)c1cc(Br)ncc1C. The average Bonchev–Trinajstić information content (AvgIpc) is 2.08. The van der Waals surface area contributed by atoms with E-state index < -0.39 is 0 Å². The van der Waals surface area contributed by atoms with E-state index in [1.54, 1.807) is 12.3 Å². The van der Waals surface area contributed by atoms with Crippen LogP contribution in [0.4, 0.5) is 0 Å². The number of aromatic nitrogens is 1. The van der Waals surface area contributed by atoms with Crippen molar-refractivity contribution in [1.82, 2.24) is 4.98 Å². The number of ether oxygens (including phenoxy) is 1. The van der Waals surface area contributed by atoms with E-state index in [1.165, 1.54) is 7.11 Å². The largest absolute Gasteiger partial charge is 0.465 e. The molecule has 0 aliphatic rings. The second kappa shape index (κ2) is 3.67. The summed E-state index contributed by atoms with van der Waals surface area (Å²) in [6.45, 7) is 1.81. The lowest BCUT2D eigenvalue weighted by molar-refractivity contribution is 0.0599. The van der Waals surface area contributed by atoms with Gasteiger partial charge in [-0.25, -0.2) is 9.78 Å². The van der Waals surface area contributed by atoms with Crippen LogP contribution < -0.4 is 0 Å². The van der Waals surface area contributed by atoms with Gasteiger partial charge in [-0.3, -0.25) is 0 Å². The first-order valence-corrected chi connectivity index (χ1v) is 4.15. The number of rotatable bonds is 1. The van der Waals surface area contributed by atoms with E-state index in [1.807, 2.05) is 6.92 Å². The number of carbonyl (C=O) groups excluding carboxylic acids is 1. The molecule has 0 fully saturated rings. The Kier molecular flexibility index (Phi) is 2.81. The smallest absolute Gasteiger partial charge is 0.338 e. The highest BCUT2D eigenvalue weighted by Crippen LogP contribution is 2.13. The van der Waals surface area contributed by atoms with E-state index in [4.69, 9.17) is 0 Å². The van der Waals surface area contributed by atoms with E-state index in [9.17, 15) is 4.79 Å². The highest BCUT2D eigenvalue weighted by atomic mass is 79.9. The van der Waals surface area contributed by atoms with Crippen molar-refractivity contribution in [3.63, 3.8) is 0 Å². The average molecular weight is 230 g/mol. The van der Waals surface area contributed by atoms with Gasteiger partial charge in [-0.2, -0.15) is 0 Å². The Bertz CT molecular complexity index is 312. The second-order valence-electron chi connectivity index (χ2n) is 2.31. The number of esters is 1. The van der Waals surface area contributed by atoms with Gasteiger partial charge in [-0.1, -0.05) is 0 Å². The van der Waals surface area contributed by atoms with Crippen molar-refractivity contribution in [2.45, 2.75) is 6.92 Å². The summed E-state index contributed by atoms with van der Waals surface area (Å²) in [5.41, 5.74) is 1.35. The maximum Gasteiger partial charge on any atom is 0.338 e. The van der Waals surface area contributed by atoms with Crippen LogP contribution in [-0.2, 0) is 4.74 Å². The second-order valence-corrected chi connectivity index (χ2v) is 3.13. The highest BCUT2D eigenvalue weighted by Gasteiger charge is 2.09. The van der Waals surface area contributed by atoms with Crippen LogP contribution in [0.25, 0.3) is 0 Å². The molecule has 12 heavy (non-hydrogen) atoms. The van der Waals surface area contributed by atoms with Gasteiger partial charge in [0.1, 0.15) is 4.60 Å². The summed E-state index contributed by atoms with van der Waals surface area (Å²) in [6.07, 6.45) is 1.62. The predicted octanol–water partition coefficient (Wildman–Crippen LogP) is 1.94. The van der Waals surface area contributed by atoms with Crippen LogP contribution in [0.1, 0.15) is 15.9 Å². The van der Waals surface area contributed by atoms with Gasteiger partial charge >= 0.3 is 5.97 Å². The maximum absolute atomic E-state index is 11.1.